The molecule has 0 saturated heterocycles. The Morgan fingerprint density at radius 2 is 2.00 bits per heavy atom. The van der Waals surface area contributed by atoms with E-state index in [-0.39, 0.29) is 0 Å². The van der Waals surface area contributed by atoms with E-state index in [2.05, 4.69) is 17.5 Å². The molecular formula is C16H17ClN2O. The van der Waals surface area contributed by atoms with Gasteiger partial charge < -0.3 is 4.74 Å². The predicted molar refractivity (Wildman–Crippen MR) is 84.9 cm³/mol. The van der Waals surface area contributed by atoms with Crippen molar-refractivity contribution in [1.29, 1.82) is 0 Å². The molecule has 0 fully saturated rings. The van der Waals surface area contributed by atoms with Gasteiger partial charge in [-0.25, -0.2) is 0 Å². The number of halogens is 1. The molecule has 0 saturated carbocycles. The summed E-state index contributed by atoms with van der Waals surface area (Å²) in [4.78, 5) is 0. The number of hydrogen-bond donors (Lipinski definition) is 1. The van der Waals surface area contributed by atoms with Crippen molar-refractivity contribution in [3.63, 3.8) is 0 Å². The molecule has 4 heteroatoms. The van der Waals surface area contributed by atoms with E-state index in [1.54, 1.807) is 6.21 Å². The molecule has 0 bridgehead atoms. The van der Waals surface area contributed by atoms with Crippen LogP contribution < -0.4 is 10.2 Å². The topological polar surface area (TPSA) is 33.6 Å². The van der Waals surface area contributed by atoms with E-state index in [1.807, 2.05) is 48.5 Å². The highest BCUT2D eigenvalue weighted by molar-refractivity contribution is 6.30. The molecule has 0 radical (unpaired) electrons. The molecule has 2 rings (SSSR count). The number of anilines is 1. The number of nitrogens with one attached hydrogen (secondary N) is 1. The summed E-state index contributed by atoms with van der Waals surface area (Å²) >= 11 is 5.89. The van der Waals surface area contributed by atoms with Crippen molar-refractivity contribution in [3.8, 4) is 5.75 Å². The van der Waals surface area contributed by atoms with E-state index in [1.165, 1.54) is 0 Å². The smallest absolute Gasteiger partial charge is 0.119 e. The van der Waals surface area contributed by atoms with Crippen molar-refractivity contribution in [2.75, 3.05) is 12.0 Å². The molecule has 0 atom stereocenters. The van der Waals surface area contributed by atoms with Crippen molar-refractivity contribution < 1.29 is 4.74 Å². The third-order valence-corrected chi connectivity index (χ3v) is 2.82. The van der Waals surface area contributed by atoms with Crippen LogP contribution >= 0.6 is 11.6 Å². The fraction of sp³-hybridized carbons (Fsp3) is 0.188. The van der Waals surface area contributed by atoms with Crippen molar-refractivity contribution in [2.24, 2.45) is 5.10 Å². The number of ether oxygens (including phenoxy) is 1. The second-order valence-corrected chi connectivity index (χ2v) is 4.73. The first-order chi connectivity index (χ1) is 9.78. The van der Waals surface area contributed by atoms with Crippen LogP contribution in [0.1, 0.15) is 18.9 Å². The lowest BCUT2D eigenvalue weighted by molar-refractivity contribution is 0.317. The third-order valence-electron chi connectivity index (χ3n) is 2.58. The van der Waals surface area contributed by atoms with E-state index in [0.717, 1.165) is 30.0 Å². The third kappa shape index (κ3) is 4.59. The Labute approximate surface area is 124 Å². The summed E-state index contributed by atoms with van der Waals surface area (Å²) in [6.45, 7) is 2.83. The van der Waals surface area contributed by atoms with Gasteiger partial charge in [0.25, 0.3) is 0 Å². The molecule has 2 aromatic rings. The SMILES string of the molecule is CCCOc1ccc(C=NNc2cccc(Cl)c2)cc1. The van der Waals surface area contributed by atoms with Crippen LogP contribution in [0.3, 0.4) is 0 Å². The van der Waals surface area contributed by atoms with Crippen LogP contribution in [-0.4, -0.2) is 12.8 Å². The van der Waals surface area contributed by atoms with Gasteiger partial charge in [-0.2, -0.15) is 5.10 Å². The summed E-state index contributed by atoms with van der Waals surface area (Å²) in [5, 5.41) is 4.85. The first-order valence-corrected chi connectivity index (χ1v) is 6.93. The molecular weight excluding hydrogens is 272 g/mol. The maximum Gasteiger partial charge on any atom is 0.119 e. The summed E-state index contributed by atoms with van der Waals surface area (Å²) in [5.74, 6) is 0.881. The lowest BCUT2D eigenvalue weighted by Crippen LogP contribution is -1.95. The van der Waals surface area contributed by atoms with E-state index in [4.69, 9.17) is 16.3 Å². The summed E-state index contributed by atoms with van der Waals surface area (Å²) in [7, 11) is 0. The Bertz CT molecular complexity index is 567. The van der Waals surface area contributed by atoms with Gasteiger partial charge in [-0.15, -0.1) is 0 Å². The van der Waals surface area contributed by atoms with Gasteiger partial charge in [0.2, 0.25) is 0 Å². The van der Waals surface area contributed by atoms with Crippen LogP contribution in [-0.2, 0) is 0 Å². The van der Waals surface area contributed by atoms with E-state index >= 15 is 0 Å². The summed E-state index contributed by atoms with van der Waals surface area (Å²) in [5.41, 5.74) is 4.80. The van der Waals surface area contributed by atoms with Gasteiger partial charge in [-0.1, -0.05) is 24.6 Å². The molecule has 0 spiro atoms. The lowest BCUT2D eigenvalue weighted by atomic mass is 10.2. The zero-order chi connectivity index (χ0) is 14.2. The Morgan fingerprint density at radius 3 is 2.70 bits per heavy atom. The van der Waals surface area contributed by atoms with Crippen LogP contribution in [0.15, 0.2) is 53.6 Å². The zero-order valence-corrected chi connectivity index (χ0v) is 12.1. The van der Waals surface area contributed by atoms with Gasteiger partial charge in [0.1, 0.15) is 5.75 Å². The fourth-order valence-corrected chi connectivity index (χ4v) is 1.80. The van der Waals surface area contributed by atoms with Crippen LogP contribution in [0.5, 0.6) is 5.75 Å². The Kier molecular flexibility index (Phi) is 5.44. The van der Waals surface area contributed by atoms with Gasteiger partial charge in [0, 0.05) is 5.02 Å². The number of nitrogens with zero attached hydrogens (tertiary/aromatic N) is 1. The van der Waals surface area contributed by atoms with E-state index in [9.17, 15) is 0 Å². The quantitative estimate of drug-likeness (QED) is 0.624. The molecule has 20 heavy (non-hydrogen) atoms. The first-order valence-electron chi connectivity index (χ1n) is 6.55. The maximum absolute atomic E-state index is 5.89. The van der Waals surface area contributed by atoms with Crippen LogP contribution in [0, 0.1) is 0 Å². The number of benzene rings is 2. The highest BCUT2D eigenvalue weighted by Gasteiger charge is 1.93. The Morgan fingerprint density at radius 1 is 1.20 bits per heavy atom. The molecule has 0 aliphatic rings. The molecule has 104 valence electrons. The van der Waals surface area contributed by atoms with Crippen LogP contribution in [0.2, 0.25) is 5.02 Å². The maximum atomic E-state index is 5.89. The molecule has 1 N–H and O–H groups in total. The average molecular weight is 289 g/mol. The normalized spacial score (nSPS) is 10.7. The van der Waals surface area contributed by atoms with E-state index in [0.29, 0.717) is 5.02 Å². The zero-order valence-electron chi connectivity index (χ0n) is 11.3. The minimum Gasteiger partial charge on any atom is -0.494 e. The van der Waals surface area contributed by atoms with Crippen LogP contribution in [0.25, 0.3) is 0 Å². The Balaban J connectivity index is 1.91. The number of rotatable bonds is 6. The van der Waals surface area contributed by atoms with E-state index < -0.39 is 0 Å². The van der Waals surface area contributed by atoms with Crippen molar-refractivity contribution in [3.05, 3.63) is 59.1 Å². The molecule has 0 aromatic heterocycles. The summed E-state index contributed by atoms with van der Waals surface area (Å²) < 4.78 is 5.52. The fourth-order valence-electron chi connectivity index (χ4n) is 1.61. The molecule has 0 aliphatic carbocycles. The standard InChI is InChI=1S/C16H17ClN2O/c1-2-10-20-16-8-6-13(7-9-16)12-18-19-15-5-3-4-14(17)11-15/h3-9,11-12,19H,2,10H2,1H3. The molecule has 2 aromatic carbocycles. The number of hydrazone groups is 1. The summed E-state index contributed by atoms with van der Waals surface area (Å²) in [6, 6.07) is 15.2. The second-order valence-electron chi connectivity index (χ2n) is 4.30. The molecule has 0 amide bonds. The van der Waals surface area contributed by atoms with Gasteiger partial charge in [-0.3, -0.25) is 5.43 Å². The van der Waals surface area contributed by atoms with Crippen LogP contribution in [0.4, 0.5) is 5.69 Å². The average Bonchev–Trinajstić information content (AvgIpc) is 2.46. The van der Waals surface area contributed by atoms with Gasteiger partial charge >= 0.3 is 0 Å². The minimum absolute atomic E-state index is 0.683. The monoisotopic (exact) mass is 288 g/mol. The largest absolute Gasteiger partial charge is 0.494 e. The Hall–Kier alpha value is -2.00. The lowest BCUT2D eigenvalue weighted by Gasteiger charge is -2.04. The summed E-state index contributed by atoms with van der Waals surface area (Å²) in [6.07, 6.45) is 2.76. The first kappa shape index (κ1) is 14.4. The minimum atomic E-state index is 0.683. The van der Waals surface area contributed by atoms with Crippen molar-refractivity contribution >= 4 is 23.5 Å². The highest BCUT2D eigenvalue weighted by Crippen LogP contribution is 2.15. The van der Waals surface area contributed by atoms with Crippen molar-refractivity contribution in [2.45, 2.75) is 13.3 Å². The predicted octanol–water partition coefficient (Wildman–Crippen LogP) is 4.57. The van der Waals surface area contributed by atoms with Crippen molar-refractivity contribution in [1.82, 2.24) is 0 Å². The van der Waals surface area contributed by atoms with Gasteiger partial charge in [-0.05, 0) is 54.4 Å². The van der Waals surface area contributed by atoms with Gasteiger partial charge in [0.05, 0.1) is 18.5 Å². The van der Waals surface area contributed by atoms with Gasteiger partial charge in [0.15, 0.2) is 0 Å². The molecule has 0 heterocycles. The highest BCUT2D eigenvalue weighted by atomic mass is 35.5. The molecule has 0 unspecified atom stereocenters. The molecule has 0 aliphatic heterocycles. The number of hydrogen-bond acceptors (Lipinski definition) is 3. The second kappa shape index (κ2) is 7.56. The molecule has 3 nitrogen and oxygen atoms in total.